The highest BCUT2D eigenvalue weighted by molar-refractivity contribution is 9.10. The molecule has 5 heteroatoms. The van der Waals surface area contributed by atoms with E-state index in [1.165, 1.54) is 11.3 Å². The predicted molar refractivity (Wildman–Crippen MR) is 40.8 cm³/mol. The van der Waals surface area contributed by atoms with Crippen molar-refractivity contribution in [3.8, 4) is 0 Å². The van der Waals surface area contributed by atoms with Gasteiger partial charge >= 0.3 is 0 Å². The molecule has 0 aliphatic heterocycles. The number of aldehydes is 1. The molecule has 0 saturated carbocycles. The van der Waals surface area contributed by atoms with Crippen LogP contribution in [0.5, 0.6) is 0 Å². The second-order valence-corrected chi connectivity index (χ2v) is 3.23. The van der Waals surface area contributed by atoms with E-state index in [0.717, 1.165) is 0 Å². The molecule has 1 heterocycles. The average molecular weight is 222 g/mol. The number of nitrogens with zero attached hydrogens (tertiary/aromatic N) is 1. The average Bonchev–Trinajstić information content (AvgIpc) is 2.34. The van der Waals surface area contributed by atoms with Crippen LogP contribution in [0.15, 0.2) is 10.1 Å². The molecule has 1 aromatic heterocycles. The molecule has 1 aromatic rings. The van der Waals surface area contributed by atoms with Crippen LogP contribution in [0.4, 0.5) is 0 Å². The summed E-state index contributed by atoms with van der Waals surface area (Å²) < 4.78 is 0.539. The van der Waals surface area contributed by atoms with E-state index in [4.69, 9.17) is 5.11 Å². The van der Waals surface area contributed by atoms with Crippen LogP contribution in [0.1, 0.15) is 11.0 Å². The Bertz CT molecular complexity index is 237. The summed E-state index contributed by atoms with van der Waals surface area (Å²) in [6.07, 6.45) is -0.569. The first-order valence-electron chi connectivity index (χ1n) is 2.48. The van der Waals surface area contributed by atoms with Gasteiger partial charge in [-0.3, -0.25) is 0 Å². The van der Waals surface area contributed by atoms with Gasteiger partial charge in [0.05, 0.1) is 10.4 Å². The van der Waals surface area contributed by atoms with Crippen LogP contribution in [-0.2, 0) is 4.79 Å². The third-order valence-electron chi connectivity index (χ3n) is 0.947. The van der Waals surface area contributed by atoms with Crippen LogP contribution in [0, 0.1) is 0 Å². The standard InChI is InChI=1S/C5H4BrNO2S/c6-5-4(3(9)1-8)10-2-7-5/h1-3,9H. The number of aromatic nitrogens is 1. The van der Waals surface area contributed by atoms with Gasteiger partial charge < -0.3 is 9.90 Å². The Morgan fingerprint density at radius 1 is 1.90 bits per heavy atom. The summed E-state index contributed by atoms with van der Waals surface area (Å²) in [5.74, 6) is 0. The highest BCUT2D eigenvalue weighted by Gasteiger charge is 2.11. The van der Waals surface area contributed by atoms with Crippen molar-refractivity contribution in [3.63, 3.8) is 0 Å². The highest BCUT2D eigenvalue weighted by Crippen LogP contribution is 2.24. The molecular weight excluding hydrogens is 218 g/mol. The number of carbonyl (C=O) groups excluding carboxylic acids is 1. The second-order valence-electron chi connectivity index (χ2n) is 1.59. The first kappa shape index (κ1) is 7.84. The number of aliphatic hydroxyl groups excluding tert-OH is 1. The van der Waals surface area contributed by atoms with Gasteiger partial charge in [0.15, 0.2) is 6.29 Å². The summed E-state index contributed by atoms with van der Waals surface area (Å²) in [7, 11) is 0. The van der Waals surface area contributed by atoms with Crippen molar-refractivity contribution in [2.24, 2.45) is 0 Å². The zero-order chi connectivity index (χ0) is 7.56. The minimum atomic E-state index is -1.04. The Hall–Kier alpha value is -0.260. The fourth-order valence-corrected chi connectivity index (χ4v) is 1.86. The predicted octanol–water partition coefficient (Wildman–Crippen LogP) is 1.14. The first-order valence-corrected chi connectivity index (χ1v) is 4.15. The monoisotopic (exact) mass is 221 g/mol. The molecule has 3 nitrogen and oxygen atoms in total. The lowest BCUT2D eigenvalue weighted by atomic mass is 10.3. The molecule has 0 amide bonds. The molecule has 54 valence electrons. The summed E-state index contributed by atoms with van der Waals surface area (Å²) in [4.78, 5) is 14.4. The number of carbonyl (C=O) groups is 1. The van der Waals surface area contributed by atoms with E-state index in [0.29, 0.717) is 15.8 Å². The second kappa shape index (κ2) is 3.23. The molecule has 0 fully saturated rings. The van der Waals surface area contributed by atoms with Crippen molar-refractivity contribution in [2.45, 2.75) is 6.10 Å². The van der Waals surface area contributed by atoms with Crippen molar-refractivity contribution in [1.82, 2.24) is 4.98 Å². The summed E-state index contributed by atoms with van der Waals surface area (Å²) in [6.45, 7) is 0. The fraction of sp³-hybridized carbons (Fsp3) is 0.200. The van der Waals surface area contributed by atoms with Gasteiger partial charge in [0.25, 0.3) is 0 Å². The normalized spacial score (nSPS) is 13.0. The molecule has 1 N–H and O–H groups in total. The summed E-state index contributed by atoms with van der Waals surface area (Å²) in [5, 5.41) is 8.97. The van der Waals surface area contributed by atoms with Gasteiger partial charge in [-0.1, -0.05) is 0 Å². The number of rotatable bonds is 2. The van der Waals surface area contributed by atoms with E-state index in [9.17, 15) is 4.79 Å². The van der Waals surface area contributed by atoms with Crippen LogP contribution in [0.3, 0.4) is 0 Å². The maximum Gasteiger partial charge on any atom is 0.153 e. The number of aliphatic hydroxyl groups is 1. The molecule has 0 saturated heterocycles. The van der Waals surface area contributed by atoms with Crippen molar-refractivity contribution in [2.75, 3.05) is 0 Å². The largest absolute Gasteiger partial charge is 0.380 e. The SMILES string of the molecule is O=CC(O)c1scnc1Br. The summed E-state index contributed by atoms with van der Waals surface area (Å²) in [5.41, 5.74) is 1.56. The number of hydrogen-bond acceptors (Lipinski definition) is 4. The van der Waals surface area contributed by atoms with Crippen LogP contribution in [0.2, 0.25) is 0 Å². The molecule has 0 aliphatic rings. The van der Waals surface area contributed by atoms with E-state index >= 15 is 0 Å². The molecule has 0 spiro atoms. The molecule has 0 aromatic carbocycles. The van der Waals surface area contributed by atoms with Crippen LogP contribution in [-0.4, -0.2) is 16.4 Å². The highest BCUT2D eigenvalue weighted by atomic mass is 79.9. The molecule has 10 heavy (non-hydrogen) atoms. The molecule has 1 unspecified atom stereocenters. The Labute approximate surface area is 69.8 Å². The van der Waals surface area contributed by atoms with Crippen molar-refractivity contribution in [1.29, 1.82) is 0 Å². The van der Waals surface area contributed by atoms with Gasteiger partial charge in [-0.15, -0.1) is 11.3 Å². The van der Waals surface area contributed by atoms with Gasteiger partial charge in [0, 0.05) is 0 Å². The molecule has 0 bridgehead atoms. The molecule has 1 atom stereocenters. The Morgan fingerprint density at radius 2 is 2.60 bits per heavy atom. The van der Waals surface area contributed by atoms with Crippen LogP contribution < -0.4 is 0 Å². The van der Waals surface area contributed by atoms with Crippen molar-refractivity contribution in [3.05, 3.63) is 15.0 Å². The minimum absolute atomic E-state index is 0.471. The number of thiazole rings is 1. The zero-order valence-electron chi connectivity index (χ0n) is 4.82. The van der Waals surface area contributed by atoms with Gasteiger partial charge in [-0.2, -0.15) is 0 Å². The van der Waals surface area contributed by atoms with Gasteiger partial charge in [0.2, 0.25) is 0 Å². The first-order chi connectivity index (χ1) is 4.75. The fourth-order valence-electron chi connectivity index (χ4n) is 0.495. The van der Waals surface area contributed by atoms with Crippen LogP contribution in [0.25, 0.3) is 0 Å². The van der Waals surface area contributed by atoms with E-state index in [1.54, 1.807) is 5.51 Å². The Kier molecular flexibility index (Phi) is 2.53. The van der Waals surface area contributed by atoms with Gasteiger partial charge in [0.1, 0.15) is 10.7 Å². The maximum atomic E-state index is 10.1. The number of halogens is 1. The lowest BCUT2D eigenvalue weighted by Gasteiger charge is -1.96. The lowest BCUT2D eigenvalue weighted by molar-refractivity contribution is -0.114. The van der Waals surface area contributed by atoms with Crippen molar-refractivity contribution >= 4 is 33.6 Å². The summed E-state index contributed by atoms with van der Waals surface area (Å²) in [6, 6.07) is 0. The van der Waals surface area contributed by atoms with Crippen molar-refractivity contribution < 1.29 is 9.90 Å². The molecular formula is C5H4BrNO2S. The van der Waals surface area contributed by atoms with E-state index in [2.05, 4.69) is 20.9 Å². The van der Waals surface area contributed by atoms with E-state index < -0.39 is 6.10 Å². The number of hydrogen-bond donors (Lipinski definition) is 1. The lowest BCUT2D eigenvalue weighted by Crippen LogP contribution is -1.95. The van der Waals surface area contributed by atoms with Crippen LogP contribution >= 0.6 is 27.3 Å². The molecule has 0 radical (unpaired) electrons. The Morgan fingerprint density at radius 3 is 3.00 bits per heavy atom. The quantitative estimate of drug-likeness (QED) is 0.763. The third-order valence-corrected chi connectivity index (χ3v) is 2.74. The topological polar surface area (TPSA) is 50.2 Å². The summed E-state index contributed by atoms with van der Waals surface area (Å²) >= 11 is 4.33. The van der Waals surface area contributed by atoms with E-state index in [-0.39, 0.29) is 0 Å². The molecule has 1 rings (SSSR count). The smallest absolute Gasteiger partial charge is 0.153 e. The van der Waals surface area contributed by atoms with Gasteiger partial charge in [-0.05, 0) is 15.9 Å². The minimum Gasteiger partial charge on any atom is -0.380 e. The maximum absolute atomic E-state index is 10.1. The van der Waals surface area contributed by atoms with Gasteiger partial charge in [-0.25, -0.2) is 4.98 Å². The Balaban J connectivity index is 2.92. The third kappa shape index (κ3) is 1.42. The van der Waals surface area contributed by atoms with E-state index in [1.807, 2.05) is 0 Å². The zero-order valence-corrected chi connectivity index (χ0v) is 7.22. The molecule has 0 aliphatic carbocycles.